The lowest BCUT2D eigenvalue weighted by Gasteiger charge is -2.18. The summed E-state index contributed by atoms with van der Waals surface area (Å²) < 4.78 is 18.4. The second-order valence-corrected chi connectivity index (χ2v) is 5.29. The zero-order valence-electron chi connectivity index (χ0n) is 12.1. The van der Waals surface area contributed by atoms with Gasteiger partial charge in [0, 0.05) is 23.1 Å². The molecule has 0 unspecified atom stereocenters. The number of amides is 1. The van der Waals surface area contributed by atoms with Crippen molar-refractivity contribution >= 4 is 11.6 Å². The molecule has 0 radical (unpaired) electrons. The molecule has 22 heavy (non-hydrogen) atoms. The summed E-state index contributed by atoms with van der Waals surface area (Å²) in [6, 6.07) is 7.43. The van der Waals surface area contributed by atoms with Gasteiger partial charge in [0.05, 0.1) is 0 Å². The summed E-state index contributed by atoms with van der Waals surface area (Å²) in [5, 5.41) is 2.67. The predicted octanol–water partition coefficient (Wildman–Crippen LogP) is 3.12. The molecular weight excluding hydrogens is 283 g/mol. The van der Waals surface area contributed by atoms with Gasteiger partial charge in [-0.1, -0.05) is 0 Å². The van der Waals surface area contributed by atoms with Crippen molar-refractivity contribution in [2.75, 3.05) is 11.9 Å². The molecule has 1 aliphatic carbocycles. The van der Waals surface area contributed by atoms with Crippen molar-refractivity contribution < 1.29 is 13.9 Å². The van der Waals surface area contributed by atoms with Crippen molar-refractivity contribution in [2.45, 2.75) is 25.7 Å². The summed E-state index contributed by atoms with van der Waals surface area (Å²) in [7, 11) is 0. The van der Waals surface area contributed by atoms with E-state index in [1.165, 1.54) is 24.3 Å². The maximum atomic E-state index is 12.8. The van der Waals surface area contributed by atoms with Crippen molar-refractivity contribution in [1.29, 1.82) is 0 Å². The Hall–Kier alpha value is -2.43. The largest absolute Gasteiger partial charge is 0.483 e. The zero-order chi connectivity index (χ0) is 15.4. The summed E-state index contributed by atoms with van der Waals surface area (Å²) in [4.78, 5) is 16.3. The number of anilines is 1. The Bertz CT molecular complexity index is 671. The van der Waals surface area contributed by atoms with Gasteiger partial charge in [-0.15, -0.1) is 0 Å². The van der Waals surface area contributed by atoms with E-state index < -0.39 is 0 Å². The average Bonchev–Trinajstić information content (AvgIpc) is 2.55. The number of carbonyl (C=O) groups excluding carboxylic acids is 1. The molecule has 5 heteroatoms. The number of pyridine rings is 1. The number of nitrogens with one attached hydrogen (secondary N) is 1. The number of fused-ring (bicyclic) bond motifs is 1. The monoisotopic (exact) mass is 300 g/mol. The molecule has 1 heterocycles. The number of hydrogen-bond acceptors (Lipinski definition) is 3. The standard InChI is InChI=1S/C17H17FN2O2/c18-12-5-7-13(8-6-12)20-17(21)11-22-16-9-10-19-15-4-2-1-3-14(15)16/h5-10H,1-4,11H2,(H,20,21). The number of aryl methyl sites for hydroxylation is 1. The number of halogens is 1. The first-order valence-electron chi connectivity index (χ1n) is 7.37. The van der Waals surface area contributed by atoms with Gasteiger partial charge in [-0.25, -0.2) is 4.39 Å². The fourth-order valence-corrected chi connectivity index (χ4v) is 2.60. The highest BCUT2D eigenvalue weighted by molar-refractivity contribution is 5.91. The van der Waals surface area contributed by atoms with Crippen LogP contribution in [0.15, 0.2) is 36.5 Å². The molecule has 0 atom stereocenters. The Morgan fingerprint density at radius 3 is 2.77 bits per heavy atom. The molecule has 0 saturated heterocycles. The number of aromatic nitrogens is 1. The van der Waals surface area contributed by atoms with Crippen LogP contribution in [-0.2, 0) is 17.6 Å². The van der Waals surface area contributed by atoms with E-state index in [4.69, 9.17) is 4.74 Å². The summed E-state index contributed by atoms with van der Waals surface area (Å²) in [5.74, 6) is 0.129. The quantitative estimate of drug-likeness (QED) is 0.944. The summed E-state index contributed by atoms with van der Waals surface area (Å²) in [6.45, 7) is -0.0756. The summed E-state index contributed by atoms with van der Waals surface area (Å²) in [5.41, 5.74) is 2.73. The Morgan fingerprint density at radius 2 is 1.95 bits per heavy atom. The second kappa shape index (κ2) is 6.56. The number of rotatable bonds is 4. The molecular formula is C17H17FN2O2. The lowest BCUT2D eigenvalue weighted by molar-refractivity contribution is -0.118. The Morgan fingerprint density at radius 1 is 1.18 bits per heavy atom. The van der Waals surface area contributed by atoms with Crippen LogP contribution < -0.4 is 10.1 Å². The first-order valence-corrected chi connectivity index (χ1v) is 7.37. The first-order chi connectivity index (χ1) is 10.7. The third-order valence-electron chi connectivity index (χ3n) is 3.68. The van der Waals surface area contributed by atoms with E-state index in [9.17, 15) is 9.18 Å². The van der Waals surface area contributed by atoms with E-state index in [0.29, 0.717) is 5.69 Å². The van der Waals surface area contributed by atoms with Gasteiger partial charge in [-0.2, -0.15) is 0 Å². The lowest BCUT2D eigenvalue weighted by Crippen LogP contribution is -2.21. The molecule has 1 aliphatic rings. The maximum Gasteiger partial charge on any atom is 0.262 e. The van der Waals surface area contributed by atoms with Crippen molar-refractivity contribution in [3.8, 4) is 5.75 Å². The highest BCUT2D eigenvalue weighted by Gasteiger charge is 2.15. The van der Waals surface area contributed by atoms with Crippen LogP contribution in [0.5, 0.6) is 5.75 Å². The van der Waals surface area contributed by atoms with E-state index in [-0.39, 0.29) is 18.3 Å². The van der Waals surface area contributed by atoms with Crippen molar-refractivity contribution in [2.24, 2.45) is 0 Å². The van der Waals surface area contributed by atoms with Gasteiger partial charge in [0.1, 0.15) is 11.6 Å². The molecule has 1 N–H and O–H groups in total. The number of benzene rings is 1. The van der Waals surface area contributed by atoms with Crippen molar-refractivity contribution in [1.82, 2.24) is 4.98 Å². The van der Waals surface area contributed by atoms with Crippen LogP contribution in [0.2, 0.25) is 0 Å². The Kier molecular flexibility index (Phi) is 4.32. The molecule has 0 bridgehead atoms. The molecule has 114 valence electrons. The van der Waals surface area contributed by atoms with Gasteiger partial charge in [-0.05, 0) is 56.0 Å². The molecule has 1 amide bonds. The van der Waals surface area contributed by atoms with E-state index >= 15 is 0 Å². The van der Waals surface area contributed by atoms with Gasteiger partial charge < -0.3 is 10.1 Å². The topological polar surface area (TPSA) is 51.2 Å². The van der Waals surface area contributed by atoms with Crippen molar-refractivity contribution in [3.05, 3.63) is 53.6 Å². The van der Waals surface area contributed by atoms with Crippen LogP contribution in [0.4, 0.5) is 10.1 Å². The molecule has 1 aromatic heterocycles. The van der Waals surface area contributed by atoms with E-state index in [2.05, 4.69) is 10.3 Å². The maximum absolute atomic E-state index is 12.8. The molecule has 4 nitrogen and oxygen atoms in total. The molecule has 3 rings (SSSR count). The van der Waals surface area contributed by atoms with E-state index in [1.807, 2.05) is 0 Å². The van der Waals surface area contributed by atoms with Crippen LogP contribution in [0.25, 0.3) is 0 Å². The summed E-state index contributed by atoms with van der Waals surface area (Å²) >= 11 is 0. The normalized spacial score (nSPS) is 13.3. The molecule has 0 spiro atoms. The van der Waals surface area contributed by atoms with Crippen LogP contribution in [0.1, 0.15) is 24.1 Å². The third-order valence-corrected chi connectivity index (χ3v) is 3.68. The van der Waals surface area contributed by atoms with Crippen LogP contribution in [0.3, 0.4) is 0 Å². The highest BCUT2D eigenvalue weighted by Crippen LogP contribution is 2.27. The second-order valence-electron chi connectivity index (χ2n) is 5.29. The van der Waals surface area contributed by atoms with Crippen LogP contribution >= 0.6 is 0 Å². The minimum Gasteiger partial charge on any atom is -0.483 e. The Balaban J connectivity index is 1.60. The Labute approximate surface area is 128 Å². The number of ether oxygens (including phenoxy) is 1. The molecule has 0 aliphatic heterocycles. The van der Waals surface area contributed by atoms with Gasteiger partial charge in [0.25, 0.3) is 5.91 Å². The van der Waals surface area contributed by atoms with Crippen LogP contribution in [0, 0.1) is 5.82 Å². The zero-order valence-corrected chi connectivity index (χ0v) is 12.1. The number of hydrogen-bond donors (Lipinski definition) is 1. The third kappa shape index (κ3) is 3.42. The molecule has 0 fully saturated rings. The van der Waals surface area contributed by atoms with Gasteiger partial charge in [-0.3, -0.25) is 9.78 Å². The van der Waals surface area contributed by atoms with Crippen LogP contribution in [-0.4, -0.2) is 17.5 Å². The minimum atomic E-state index is -0.335. The lowest BCUT2D eigenvalue weighted by atomic mass is 9.95. The van der Waals surface area contributed by atoms with Crippen molar-refractivity contribution in [3.63, 3.8) is 0 Å². The van der Waals surface area contributed by atoms with Gasteiger partial charge >= 0.3 is 0 Å². The number of carbonyl (C=O) groups is 1. The van der Waals surface area contributed by atoms with E-state index in [1.54, 1.807) is 12.3 Å². The fraction of sp³-hybridized carbons (Fsp3) is 0.294. The SMILES string of the molecule is O=C(COc1ccnc2c1CCCC2)Nc1ccc(F)cc1. The van der Waals surface area contributed by atoms with Gasteiger partial charge in [0.15, 0.2) is 6.61 Å². The molecule has 0 saturated carbocycles. The minimum absolute atomic E-state index is 0.0756. The van der Waals surface area contributed by atoms with Gasteiger partial charge in [0.2, 0.25) is 0 Å². The average molecular weight is 300 g/mol. The number of nitrogens with zero attached hydrogens (tertiary/aromatic N) is 1. The highest BCUT2D eigenvalue weighted by atomic mass is 19.1. The van der Waals surface area contributed by atoms with E-state index in [0.717, 1.165) is 42.7 Å². The smallest absolute Gasteiger partial charge is 0.262 e. The predicted molar refractivity (Wildman–Crippen MR) is 81.4 cm³/mol. The first kappa shape index (κ1) is 14.5. The molecule has 2 aromatic rings. The summed E-state index contributed by atoms with van der Waals surface area (Å²) in [6.07, 6.45) is 5.90. The fourth-order valence-electron chi connectivity index (χ4n) is 2.60. The molecule has 1 aromatic carbocycles.